The minimum atomic E-state index is -3.83. The van der Waals surface area contributed by atoms with E-state index in [0.29, 0.717) is 16.5 Å². The summed E-state index contributed by atoms with van der Waals surface area (Å²) in [5.41, 5.74) is 0.588. The molecule has 0 saturated heterocycles. The standard InChI is InChI=1S/C19H17ClN2O5S2/c1-27-17-8-12-19(13-9-17)29(25,26)22-16-6-10-18(11-7-16)28(23,24)21-15-4-2-14(20)3-5-15/h2-13,21-22H,1H3. The van der Waals surface area contributed by atoms with Crippen LogP contribution in [-0.4, -0.2) is 23.9 Å². The van der Waals surface area contributed by atoms with Crippen LogP contribution in [0.5, 0.6) is 5.75 Å². The number of ether oxygens (including phenoxy) is 1. The molecule has 0 amide bonds. The Kier molecular flexibility index (Phi) is 6.02. The van der Waals surface area contributed by atoms with Gasteiger partial charge in [0.1, 0.15) is 5.75 Å². The van der Waals surface area contributed by atoms with Gasteiger partial charge in [-0.15, -0.1) is 0 Å². The fourth-order valence-corrected chi connectivity index (χ4v) is 4.65. The fourth-order valence-electron chi connectivity index (χ4n) is 2.40. The highest BCUT2D eigenvalue weighted by Gasteiger charge is 2.17. The summed E-state index contributed by atoms with van der Waals surface area (Å²) in [6.45, 7) is 0. The van der Waals surface area contributed by atoms with Gasteiger partial charge in [0.2, 0.25) is 0 Å². The first kappa shape index (κ1) is 21.0. The van der Waals surface area contributed by atoms with Crippen LogP contribution in [0.15, 0.2) is 82.6 Å². The van der Waals surface area contributed by atoms with Crippen molar-refractivity contribution in [1.29, 1.82) is 0 Å². The Hall–Kier alpha value is -2.75. The summed E-state index contributed by atoms with van der Waals surface area (Å²) in [6, 6.07) is 17.5. The molecular formula is C19H17ClN2O5S2. The van der Waals surface area contributed by atoms with E-state index in [0.717, 1.165) is 0 Å². The molecule has 3 aromatic rings. The summed E-state index contributed by atoms with van der Waals surface area (Å²) in [5, 5.41) is 0.487. The molecule has 0 fully saturated rings. The molecule has 0 atom stereocenters. The van der Waals surface area contributed by atoms with E-state index in [4.69, 9.17) is 16.3 Å². The summed E-state index contributed by atoms with van der Waals surface area (Å²) in [5.74, 6) is 0.534. The number of sulfonamides is 2. The van der Waals surface area contributed by atoms with Crippen molar-refractivity contribution < 1.29 is 21.6 Å². The highest BCUT2D eigenvalue weighted by molar-refractivity contribution is 7.93. The van der Waals surface area contributed by atoms with Crippen molar-refractivity contribution in [3.63, 3.8) is 0 Å². The number of anilines is 2. The lowest BCUT2D eigenvalue weighted by atomic mass is 10.3. The largest absolute Gasteiger partial charge is 0.497 e. The van der Waals surface area contributed by atoms with Crippen LogP contribution in [0.25, 0.3) is 0 Å². The van der Waals surface area contributed by atoms with Gasteiger partial charge < -0.3 is 4.74 Å². The first-order valence-electron chi connectivity index (χ1n) is 8.25. The number of rotatable bonds is 7. The van der Waals surface area contributed by atoms with E-state index < -0.39 is 20.0 Å². The lowest BCUT2D eigenvalue weighted by Crippen LogP contribution is -2.14. The van der Waals surface area contributed by atoms with Gasteiger partial charge in [0, 0.05) is 16.4 Å². The minimum absolute atomic E-state index is 0.0140. The molecule has 29 heavy (non-hydrogen) atoms. The second kappa shape index (κ2) is 8.32. The zero-order chi connectivity index (χ0) is 21.1. The second-order valence-electron chi connectivity index (χ2n) is 5.92. The Morgan fingerprint density at radius 2 is 1.03 bits per heavy atom. The van der Waals surface area contributed by atoms with Gasteiger partial charge in [0.25, 0.3) is 20.0 Å². The Morgan fingerprint density at radius 3 is 1.45 bits per heavy atom. The molecule has 0 aliphatic heterocycles. The van der Waals surface area contributed by atoms with Crippen LogP contribution in [0, 0.1) is 0 Å². The van der Waals surface area contributed by atoms with E-state index in [9.17, 15) is 16.8 Å². The van der Waals surface area contributed by atoms with Crippen molar-refractivity contribution in [1.82, 2.24) is 0 Å². The average molecular weight is 453 g/mol. The van der Waals surface area contributed by atoms with Crippen LogP contribution >= 0.6 is 11.6 Å². The van der Waals surface area contributed by atoms with E-state index >= 15 is 0 Å². The molecule has 0 bridgehead atoms. The molecule has 0 unspecified atom stereocenters. The highest BCUT2D eigenvalue weighted by Crippen LogP contribution is 2.22. The molecule has 7 nitrogen and oxygen atoms in total. The zero-order valence-electron chi connectivity index (χ0n) is 15.2. The van der Waals surface area contributed by atoms with Crippen LogP contribution < -0.4 is 14.2 Å². The van der Waals surface area contributed by atoms with Crippen molar-refractivity contribution in [2.45, 2.75) is 9.79 Å². The predicted molar refractivity (Wildman–Crippen MR) is 113 cm³/mol. The number of methoxy groups -OCH3 is 1. The SMILES string of the molecule is COc1ccc(S(=O)(=O)Nc2ccc(S(=O)(=O)Nc3ccc(Cl)cc3)cc2)cc1. The van der Waals surface area contributed by atoms with Gasteiger partial charge in [-0.1, -0.05) is 11.6 Å². The normalized spacial score (nSPS) is 11.7. The average Bonchev–Trinajstić information content (AvgIpc) is 2.70. The molecule has 0 heterocycles. The second-order valence-corrected chi connectivity index (χ2v) is 9.72. The lowest BCUT2D eigenvalue weighted by Gasteiger charge is -2.11. The van der Waals surface area contributed by atoms with Crippen LogP contribution in [-0.2, 0) is 20.0 Å². The van der Waals surface area contributed by atoms with Crippen LogP contribution in [0.1, 0.15) is 0 Å². The van der Waals surface area contributed by atoms with E-state index in [1.54, 1.807) is 12.1 Å². The molecule has 3 aromatic carbocycles. The number of nitrogens with one attached hydrogen (secondary N) is 2. The van der Waals surface area contributed by atoms with Crippen molar-refractivity contribution in [3.8, 4) is 5.75 Å². The fraction of sp³-hybridized carbons (Fsp3) is 0.0526. The maximum atomic E-state index is 12.5. The Balaban J connectivity index is 1.75. The minimum Gasteiger partial charge on any atom is -0.497 e. The number of benzene rings is 3. The molecule has 152 valence electrons. The van der Waals surface area contributed by atoms with Gasteiger partial charge in [-0.3, -0.25) is 9.44 Å². The first-order chi connectivity index (χ1) is 13.7. The zero-order valence-corrected chi connectivity index (χ0v) is 17.6. The van der Waals surface area contributed by atoms with Crippen LogP contribution in [0.2, 0.25) is 5.02 Å². The molecule has 0 aliphatic rings. The van der Waals surface area contributed by atoms with Gasteiger partial charge in [0.05, 0.1) is 16.9 Å². The Labute approximate surface area is 174 Å². The van der Waals surface area contributed by atoms with Crippen LogP contribution in [0.3, 0.4) is 0 Å². The molecule has 2 N–H and O–H groups in total. The predicted octanol–water partition coefficient (Wildman–Crippen LogP) is 3.95. The van der Waals surface area contributed by atoms with Gasteiger partial charge in [0.15, 0.2) is 0 Å². The summed E-state index contributed by atoms with van der Waals surface area (Å²) in [6.07, 6.45) is 0. The molecule has 0 aromatic heterocycles. The van der Waals surface area contributed by atoms with E-state index in [2.05, 4.69) is 9.44 Å². The van der Waals surface area contributed by atoms with Gasteiger partial charge in [-0.2, -0.15) is 0 Å². The third kappa shape index (κ3) is 5.20. The summed E-state index contributed by atoms with van der Waals surface area (Å²) < 4.78 is 59.7. The summed E-state index contributed by atoms with van der Waals surface area (Å²) in [7, 11) is -6.17. The van der Waals surface area contributed by atoms with Crippen molar-refractivity contribution >= 4 is 43.0 Å². The molecule has 3 rings (SSSR count). The molecule has 0 radical (unpaired) electrons. The molecular weight excluding hydrogens is 436 g/mol. The Bertz CT molecular complexity index is 1190. The quantitative estimate of drug-likeness (QED) is 0.565. The number of halogens is 1. The van der Waals surface area contributed by atoms with Gasteiger partial charge >= 0.3 is 0 Å². The highest BCUT2D eigenvalue weighted by atomic mass is 35.5. The lowest BCUT2D eigenvalue weighted by molar-refractivity contribution is 0.414. The Morgan fingerprint density at radius 1 is 0.655 bits per heavy atom. The summed E-state index contributed by atoms with van der Waals surface area (Å²) >= 11 is 5.79. The smallest absolute Gasteiger partial charge is 0.261 e. The number of hydrogen-bond donors (Lipinski definition) is 2. The monoisotopic (exact) mass is 452 g/mol. The maximum Gasteiger partial charge on any atom is 0.261 e. The van der Waals surface area contributed by atoms with Crippen molar-refractivity contribution in [2.75, 3.05) is 16.6 Å². The molecule has 0 spiro atoms. The van der Waals surface area contributed by atoms with E-state index in [1.807, 2.05) is 0 Å². The van der Waals surface area contributed by atoms with Crippen LogP contribution in [0.4, 0.5) is 11.4 Å². The molecule has 10 heteroatoms. The van der Waals surface area contributed by atoms with E-state index in [-0.39, 0.29) is 15.5 Å². The maximum absolute atomic E-state index is 12.5. The topological polar surface area (TPSA) is 102 Å². The van der Waals surface area contributed by atoms with Gasteiger partial charge in [-0.25, -0.2) is 16.8 Å². The van der Waals surface area contributed by atoms with Gasteiger partial charge in [-0.05, 0) is 72.8 Å². The van der Waals surface area contributed by atoms with E-state index in [1.165, 1.54) is 67.8 Å². The number of hydrogen-bond acceptors (Lipinski definition) is 5. The van der Waals surface area contributed by atoms with Crippen molar-refractivity contribution in [3.05, 3.63) is 77.8 Å². The third-order valence-corrected chi connectivity index (χ3v) is 6.93. The molecule has 0 saturated carbocycles. The summed E-state index contributed by atoms with van der Waals surface area (Å²) in [4.78, 5) is 0.0410. The van der Waals surface area contributed by atoms with Crippen molar-refractivity contribution in [2.24, 2.45) is 0 Å². The third-order valence-electron chi connectivity index (χ3n) is 3.88. The molecule has 0 aliphatic carbocycles. The first-order valence-corrected chi connectivity index (χ1v) is 11.6.